The molecule has 1 aliphatic rings. The van der Waals surface area contributed by atoms with Crippen LogP contribution in [-0.4, -0.2) is 26.9 Å². The van der Waals surface area contributed by atoms with Gasteiger partial charge in [-0.25, -0.2) is 0 Å². The van der Waals surface area contributed by atoms with Crippen LogP contribution in [0.15, 0.2) is 34.9 Å². The largest absolute Gasteiger partial charge is 0.486 e. The topological polar surface area (TPSA) is 64.3 Å². The van der Waals surface area contributed by atoms with Crippen molar-refractivity contribution in [3.63, 3.8) is 0 Å². The fourth-order valence-corrected chi connectivity index (χ4v) is 3.60. The first-order valence-electron chi connectivity index (χ1n) is 8.28. The zero-order valence-electron chi connectivity index (χ0n) is 14.7. The molecule has 1 aliphatic heterocycles. The number of allylic oxidation sites excluding steroid dienone is 2. The fraction of sp³-hybridized carbons (Fsp3) is 0.474. The summed E-state index contributed by atoms with van der Waals surface area (Å²) in [6.07, 6.45) is 6.74. The molecule has 128 valence electrons. The van der Waals surface area contributed by atoms with Crippen LogP contribution in [0.3, 0.4) is 0 Å². The van der Waals surface area contributed by atoms with E-state index in [2.05, 4.69) is 11.1 Å². The van der Waals surface area contributed by atoms with E-state index in [4.69, 9.17) is 4.74 Å². The van der Waals surface area contributed by atoms with Crippen molar-refractivity contribution < 1.29 is 9.84 Å². The Labute approximate surface area is 141 Å². The second-order valence-corrected chi connectivity index (χ2v) is 7.08. The van der Waals surface area contributed by atoms with Gasteiger partial charge in [-0.2, -0.15) is 0 Å². The number of aromatic nitrogens is 2. The number of aliphatic hydroxyl groups is 1. The molecule has 0 spiro atoms. The second-order valence-electron chi connectivity index (χ2n) is 7.08. The average Bonchev–Trinajstić information content (AvgIpc) is 2.51. The lowest BCUT2D eigenvalue weighted by Crippen LogP contribution is -2.41. The van der Waals surface area contributed by atoms with Crippen LogP contribution in [-0.2, 0) is 7.05 Å². The summed E-state index contributed by atoms with van der Waals surface area (Å²) in [5.74, 6) is 0.617. The molecular formula is C19H24N2O3. The van der Waals surface area contributed by atoms with Crippen LogP contribution in [0.1, 0.15) is 45.1 Å². The predicted molar refractivity (Wildman–Crippen MR) is 94.5 cm³/mol. The Morgan fingerprint density at radius 3 is 2.96 bits per heavy atom. The third-order valence-electron chi connectivity index (χ3n) is 4.73. The van der Waals surface area contributed by atoms with Gasteiger partial charge in [0.25, 0.3) is 5.56 Å². The molecule has 3 rings (SSSR count). The van der Waals surface area contributed by atoms with E-state index in [1.807, 2.05) is 26.8 Å². The Kier molecular flexibility index (Phi) is 4.22. The third-order valence-corrected chi connectivity index (χ3v) is 4.73. The number of aliphatic hydroxyl groups excluding tert-OH is 1. The highest BCUT2D eigenvalue weighted by molar-refractivity contribution is 5.86. The molecule has 0 amide bonds. The summed E-state index contributed by atoms with van der Waals surface area (Å²) in [6.45, 7) is 6.13. The Balaban J connectivity index is 2.34. The molecule has 2 aromatic rings. The summed E-state index contributed by atoms with van der Waals surface area (Å²) < 4.78 is 7.93. The van der Waals surface area contributed by atoms with E-state index in [0.29, 0.717) is 24.2 Å². The van der Waals surface area contributed by atoms with Gasteiger partial charge in [0.1, 0.15) is 11.4 Å². The van der Waals surface area contributed by atoms with E-state index in [0.717, 1.165) is 16.5 Å². The molecule has 5 nitrogen and oxygen atoms in total. The van der Waals surface area contributed by atoms with Crippen molar-refractivity contribution in [2.45, 2.75) is 45.1 Å². The second kappa shape index (κ2) is 6.06. The number of hydrogen-bond donors (Lipinski definition) is 1. The van der Waals surface area contributed by atoms with Gasteiger partial charge >= 0.3 is 0 Å². The normalized spacial score (nSPS) is 22.8. The van der Waals surface area contributed by atoms with Gasteiger partial charge in [-0.15, -0.1) is 0 Å². The SMILES string of the molecule is CC(C)=CC1CC(C)(CCO)Oc2c1c(=O)n(C)c1cnccc21. The summed E-state index contributed by atoms with van der Waals surface area (Å²) in [7, 11) is 1.77. The molecule has 0 bridgehead atoms. The van der Waals surface area contributed by atoms with Gasteiger partial charge in [-0.3, -0.25) is 9.78 Å². The first-order chi connectivity index (χ1) is 11.4. The van der Waals surface area contributed by atoms with Crippen LogP contribution >= 0.6 is 0 Å². The van der Waals surface area contributed by atoms with Crippen LogP contribution in [0.2, 0.25) is 0 Å². The zero-order chi connectivity index (χ0) is 17.5. The van der Waals surface area contributed by atoms with E-state index >= 15 is 0 Å². The molecule has 0 radical (unpaired) electrons. The van der Waals surface area contributed by atoms with Gasteiger partial charge in [-0.1, -0.05) is 11.6 Å². The van der Waals surface area contributed by atoms with Gasteiger partial charge in [-0.05, 0) is 33.3 Å². The number of aryl methyl sites for hydroxylation is 1. The molecule has 0 saturated carbocycles. The summed E-state index contributed by atoms with van der Waals surface area (Å²) in [6, 6.07) is 1.89. The van der Waals surface area contributed by atoms with Gasteiger partial charge < -0.3 is 14.4 Å². The van der Waals surface area contributed by atoms with E-state index in [1.54, 1.807) is 24.0 Å². The summed E-state index contributed by atoms with van der Waals surface area (Å²) in [4.78, 5) is 17.1. The minimum atomic E-state index is -0.499. The molecule has 1 N–H and O–H groups in total. The van der Waals surface area contributed by atoms with Crippen molar-refractivity contribution >= 4 is 10.9 Å². The minimum absolute atomic E-state index is 0.0217. The van der Waals surface area contributed by atoms with Gasteiger partial charge in [0.15, 0.2) is 0 Å². The molecule has 3 heterocycles. The smallest absolute Gasteiger partial charge is 0.258 e. The van der Waals surface area contributed by atoms with Crippen molar-refractivity contribution in [3.05, 3.63) is 46.0 Å². The number of ether oxygens (including phenoxy) is 1. The summed E-state index contributed by atoms with van der Waals surface area (Å²) >= 11 is 0. The standard InChI is InChI=1S/C19H24N2O3/c1-12(2)9-13-10-19(3,6-8-22)24-17-14-5-7-20-11-15(14)21(4)18(23)16(13)17/h5,7,9,11,13,22H,6,8,10H2,1-4H3. The minimum Gasteiger partial charge on any atom is -0.486 e. The first kappa shape index (κ1) is 16.7. The average molecular weight is 328 g/mol. The quantitative estimate of drug-likeness (QED) is 0.880. The monoisotopic (exact) mass is 328 g/mol. The molecule has 0 fully saturated rings. The van der Waals surface area contributed by atoms with E-state index in [1.165, 1.54) is 0 Å². The number of pyridine rings is 2. The highest BCUT2D eigenvalue weighted by atomic mass is 16.5. The van der Waals surface area contributed by atoms with Crippen molar-refractivity contribution in [3.8, 4) is 5.75 Å². The Morgan fingerprint density at radius 1 is 1.54 bits per heavy atom. The molecule has 0 aromatic carbocycles. The van der Waals surface area contributed by atoms with Crippen LogP contribution < -0.4 is 10.3 Å². The van der Waals surface area contributed by atoms with Crippen molar-refractivity contribution in [1.29, 1.82) is 0 Å². The molecule has 0 saturated heterocycles. The van der Waals surface area contributed by atoms with Crippen LogP contribution in [0.5, 0.6) is 5.75 Å². The maximum atomic E-state index is 13.0. The van der Waals surface area contributed by atoms with Crippen molar-refractivity contribution in [2.75, 3.05) is 6.61 Å². The van der Waals surface area contributed by atoms with Crippen molar-refractivity contribution in [1.82, 2.24) is 9.55 Å². The zero-order valence-corrected chi connectivity index (χ0v) is 14.7. The van der Waals surface area contributed by atoms with Crippen molar-refractivity contribution in [2.24, 2.45) is 7.05 Å². The first-order valence-corrected chi connectivity index (χ1v) is 8.28. The Bertz CT molecular complexity index is 865. The maximum Gasteiger partial charge on any atom is 0.258 e. The lowest BCUT2D eigenvalue weighted by molar-refractivity contribution is 0.0349. The highest BCUT2D eigenvalue weighted by Crippen LogP contribution is 2.44. The van der Waals surface area contributed by atoms with Crippen LogP contribution in [0, 0.1) is 0 Å². The summed E-state index contributed by atoms with van der Waals surface area (Å²) in [5.41, 5.74) is 2.08. The van der Waals surface area contributed by atoms with E-state index in [9.17, 15) is 9.90 Å². The lowest BCUT2D eigenvalue weighted by atomic mass is 9.81. The highest BCUT2D eigenvalue weighted by Gasteiger charge is 2.39. The van der Waals surface area contributed by atoms with E-state index < -0.39 is 5.60 Å². The number of hydrogen-bond acceptors (Lipinski definition) is 4. The molecule has 24 heavy (non-hydrogen) atoms. The van der Waals surface area contributed by atoms with E-state index in [-0.39, 0.29) is 18.1 Å². The maximum absolute atomic E-state index is 13.0. The molecule has 2 unspecified atom stereocenters. The third kappa shape index (κ3) is 2.73. The molecule has 2 atom stereocenters. The van der Waals surface area contributed by atoms with Crippen LogP contribution in [0.25, 0.3) is 10.9 Å². The summed E-state index contributed by atoms with van der Waals surface area (Å²) in [5, 5.41) is 10.3. The van der Waals surface area contributed by atoms with Crippen LogP contribution in [0.4, 0.5) is 0 Å². The fourth-order valence-electron chi connectivity index (χ4n) is 3.60. The van der Waals surface area contributed by atoms with Gasteiger partial charge in [0.2, 0.25) is 0 Å². The molecule has 5 heteroatoms. The Morgan fingerprint density at radius 2 is 2.29 bits per heavy atom. The van der Waals surface area contributed by atoms with Gasteiger partial charge in [0.05, 0.1) is 17.3 Å². The molecule has 0 aliphatic carbocycles. The number of rotatable bonds is 3. The predicted octanol–water partition coefficient (Wildman–Crippen LogP) is 2.91. The molecular weight excluding hydrogens is 304 g/mol. The Hall–Kier alpha value is -2.14. The lowest BCUT2D eigenvalue weighted by Gasteiger charge is -2.39. The van der Waals surface area contributed by atoms with Gasteiger partial charge in [0, 0.05) is 37.6 Å². The number of nitrogens with zero attached hydrogens (tertiary/aromatic N) is 2. The number of fused-ring (bicyclic) bond motifs is 3. The molecule has 2 aromatic heterocycles.